The fraction of sp³-hybridized carbons (Fsp3) is 0.304. The van der Waals surface area contributed by atoms with Crippen molar-refractivity contribution in [1.82, 2.24) is 24.6 Å². The van der Waals surface area contributed by atoms with E-state index in [9.17, 15) is 13.2 Å². The first-order valence-corrected chi connectivity index (χ1v) is 10.4. The average molecular weight is 434 g/mol. The summed E-state index contributed by atoms with van der Waals surface area (Å²) in [6.07, 6.45) is 4.96. The lowest BCUT2D eigenvalue weighted by Crippen LogP contribution is -2.27. The van der Waals surface area contributed by atoms with Gasteiger partial charge >= 0.3 is 0 Å². The van der Waals surface area contributed by atoms with Gasteiger partial charge < -0.3 is 4.90 Å². The van der Waals surface area contributed by atoms with Crippen LogP contribution < -0.4 is 4.90 Å². The van der Waals surface area contributed by atoms with E-state index < -0.39 is 11.8 Å². The maximum absolute atomic E-state index is 13.7. The van der Waals surface area contributed by atoms with Crippen LogP contribution >= 0.6 is 0 Å². The van der Waals surface area contributed by atoms with E-state index in [1.807, 2.05) is 4.90 Å². The molecule has 6 rings (SSSR count). The number of rotatable bonds is 2. The molecule has 0 N–H and O–H groups in total. The number of alkyl halides is 2. The summed E-state index contributed by atoms with van der Waals surface area (Å²) in [5, 5.41) is 9.19. The topological polar surface area (TPSA) is 59.2 Å². The van der Waals surface area contributed by atoms with Crippen LogP contribution in [0.25, 0.3) is 16.7 Å². The second kappa shape index (κ2) is 6.92. The van der Waals surface area contributed by atoms with E-state index in [-0.39, 0.29) is 5.82 Å². The Bertz CT molecular complexity index is 1430. The Morgan fingerprint density at radius 3 is 2.78 bits per heavy atom. The lowest BCUT2D eigenvalue weighted by molar-refractivity contribution is 0.0921. The Morgan fingerprint density at radius 1 is 1.09 bits per heavy atom. The highest BCUT2D eigenvalue weighted by Crippen LogP contribution is 2.50. The molecule has 0 atom stereocenters. The summed E-state index contributed by atoms with van der Waals surface area (Å²) < 4.78 is 42.1. The van der Waals surface area contributed by atoms with E-state index in [1.54, 1.807) is 29.1 Å². The predicted octanol–water partition coefficient (Wildman–Crippen LogP) is 4.29. The van der Waals surface area contributed by atoms with E-state index >= 15 is 0 Å². The SMILES string of the molecule is Fc1ccc2c(cnc3nnc(N4CCCc5c(C#CC6(C(F)F)CC6)cncc54)n32)c1. The van der Waals surface area contributed by atoms with Crippen LogP contribution in [0.4, 0.5) is 24.8 Å². The molecule has 1 saturated carbocycles. The first kappa shape index (κ1) is 19.0. The van der Waals surface area contributed by atoms with Gasteiger partial charge in [-0.25, -0.2) is 22.6 Å². The fourth-order valence-corrected chi connectivity index (χ4v) is 4.25. The van der Waals surface area contributed by atoms with E-state index in [4.69, 9.17) is 0 Å². The third-order valence-corrected chi connectivity index (χ3v) is 6.21. The van der Waals surface area contributed by atoms with E-state index in [0.29, 0.717) is 42.1 Å². The molecule has 0 saturated heterocycles. The summed E-state index contributed by atoms with van der Waals surface area (Å²) in [6, 6.07) is 4.49. The molecule has 0 amide bonds. The zero-order chi connectivity index (χ0) is 21.9. The Morgan fingerprint density at radius 2 is 1.97 bits per heavy atom. The first-order chi connectivity index (χ1) is 15.6. The molecule has 0 radical (unpaired) electrons. The van der Waals surface area contributed by atoms with Gasteiger partial charge in [-0.15, -0.1) is 10.2 Å². The molecule has 32 heavy (non-hydrogen) atoms. The molecule has 0 unspecified atom stereocenters. The van der Waals surface area contributed by atoms with E-state index in [0.717, 1.165) is 29.6 Å². The van der Waals surface area contributed by atoms with Gasteiger partial charge in [0, 0.05) is 29.9 Å². The molecule has 6 nitrogen and oxygen atoms in total. The van der Waals surface area contributed by atoms with Crippen LogP contribution in [0.2, 0.25) is 0 Å². The number of anilines is 2. The second-order valence-electron chi connectivity index (χ2n) is 8.24. The largest absolute Gasteiger partial charge is 0.308 e. The van der Waals surface area contributed by atoms with Gasteiger partial charge in [-0.05, 0) is 49.4 Å². The van der Waals surface area contributed by atoms with Crippen molar-refractivity contribution in [3.63, 3.8) is 0 Å². The molecule has 4 aromatic rings. The van der Waals surface area contributed by atoms with Crippen LogP contribution in [-0.4, -0.2) is 37.5 Å². The summed E-state index contributed by atoms with van der Waals surface area (Å²) in [7, 11) is 0. The standard InChI is InChI=1S/C23H17F3N6/c24-16-3-4-18-15(10-16)12-28-21-29-30-22(32(18)21)31-9-1-2-17-14(11-27-13-19(17)31)5-6-23(7-8-23)20(25)26/h3-4,10-13,20H,1-2,7-9H2. The maximum Gasteiger partial charge on any atom is 0.256 e. The van der Waals surface area contributed by atoms with Crippen LogP contribution in [0.1, 0.15) is 30.4 Å². The molecule has 1 aliphatic carbocycles. The highest BCUT2D eigenvalue weighted by atomic mass is 19.3. The zero-order valence-corrected chi connectivity index (χ0v) is 16.9. The average Bonchev–Trinajstić information content (AvgIpc) is 3.48. The minimum absolute atomic E-state index is 0.346. The third kappa shape index (κ3) is 2.90. The third-order valence-electron chi connectivity index (χ3n) is 6.21. The van der Waals surface area contributed by atoms with Crippen LogP contribution in [0, 0.1) is 23.1 Å². The Balaban J connectivity index is 1.48. The monoisotopic (exact) mass is 434 g/mol. The Labute approximate surface area is 181 Å². The molecule has 4 heterocycles. The predicted molar refractivity (Wildman–Crippen MR) is 112 cm³/mol. The molecule has 2 aliphatic rings. The maximum atomic E-state index is 13.7. The molecule has 1 aromatic carbocycles. The number of fused-ring (bicyclic) bond motifs is 4. The van der Waals surface area contributed by atoms with Crippen molar-refractivity contribution in [2.45, 2.75) is 32.1 Å². The van der Waals surface area contributed by atoms with Gasteiger partial charge in [-0.2, -0.15) is 0 Å². The van der Waals surface area contributed by atoms with Crippen molar-refractivity contribution in [1.29, 1.82) is 0 Å². The van der Waals surface area contributed by atoms with Crippen LogP contribution in [0.3, 0.4) is 0 Å². The highest BCUT2D eigenvalue weighted by Gasteiger charge is 2.50. The number of hydrogen-bond donors (Lipinski definition) is 0. The first-order valence-electron chi connectivity index (χ1n) is 10.4. The lowest BCUT2D eigenvalue weighted by Gasteiger charge is -2.29. The Kier molecular flexibility index (Phi) is 4.12. The molecular formula is C23H17F3N6. The fourth-order valence-electron chi connectivity index (χ4n) is 4.25. The van der Waals surface area contributed by atoms with Crippen molar-refractivity contribution in [3.8, 4) is 11.8 Å². The summed E-state index contributed by atoms with van der Waals surface area (Å²) in [4.78, 5) is 10.6. The minimum Gasteiger partial charge on any atom is -0.308 e. The number of halogens is 3. The Hall–Kier alpha value is -3.67. The summed E-state index contributed by atoms with van der Waals surface area (Å²) in [5.41, 5.74) is 2.01. The van der Waals surface area contributed by atoms with E-state index in [1.165, 1.54) is 12.1 Å². The van der Waals surface area contributed by atoms with Gasteiger partial charge in [0.1, 0.15) is 5.82 Å². The molecule has 1 fully saturated rings. The van der Waals surface area contributed by atoms with Gasteiger partial charge in [0.15, 0.2) is 0 Å². The minimum atomic E-state index is -2.44. The second-order valence-corrected chi connectivity index (χ2v) is 8.24. The highest BCUT2D eigenvalue weighted by molar-refractivity contribution is 5.82. The van der Waals surface area contributed by atoms with Crippen molar-refractivity contribution >= 4 is 28.3 Å². The summed E-state index contributed by atoms with van der Waals surface area (Å²) in [6.45, 7) is 0.672. The van der Waals surface area contributed by atoms with Crippen molar-refractivity contribution in [3.05, 3.63) is 53.7 Å². The molecule has 0 bridgehead atoms. The van der Waals surface area contributed by atoms with Crippen LogP contribution in [0.15, 0.2) is 36.8 Å². The van der Waals surface area contributed by atoms with Gasteiger partial charge in [0.2, 0.25) is 5.95 Å². The smallest absolute Gasteiger partial charge is 0.256 e. The lowest BCUT2D eigenvalue weighted by atomic mass is 9.98. The van der Waals surface area contributed by atoms with Crippen LogP contribution in [0.5, 0.6) is 0 Å². The van der Waals surface area contributed by atoms with Crippen LogP contribution in [-0.2, 0) is 6.42 Å². The van der Waals surface area contributed by atoms with E-state index in [2.05, 4.69) is 32.0 Å². The number of nitrogens with zero attached hydrogens (tertiary/aromatic N) is 6. The van der Waals surface area contributed by atoms with Crippen molar-refractivity contribution in [2.24, 2.45) is 5.41 Å². The van der Waals surface area contributed by atoms with Crippen molar-refractivity contribution < 1.29 is 13.2 Å². The molecule has 3 aromatic heterocycles. The zero-order valence-electron chi connectivity index (χ0n) is 16.9. The number of benzene rings is 1. The molecule has 160 valence electrons. The summed E-state index contributed by atoms with van der Waals surface area (Å²) >= 11 is 0. The number of hydrogen-bond acceptors (Lipinski definition) is 5. The van der Waals surface area contributed by atoms with Gasteiger partial charge in [0.05, 0.1) is 22.8 Å². The van der Waals surface area contributed by atoms with Gasteiger partial charge in [-0.3, -0.25) is 4.98 Å². The van der Waals surface area contributed by atoms with Crippen molar-refractivity contribution in [2.75, 3.05) is 11.4 Å². The number of aromatic nitrogens is 5. The summed E-state index contributed by atoms with van der Waals surface area (Å²) in [5.74, 6) is 6.39. The van der Waals surface area contributed by atoms with Gasteiger partial charge in [0.25, 0.3) is 12.2 Å². The normalized spacial score (nSPS) is 16.8. The number of pyridine rings is 1. The molecule has 1 aliphatic heterocycles. The molecular weight excluding hydrogens is 417 g/mol. The quantitative estimate of drug-likeness (QED) is 0.441. The molecule has 0 spiro atoms. The van der Waals surface area contributed by atoms with Gasteiger partial charge in [-0.1, -0.05) is 11.8 Å². The molecule has 9 heteroatoms.